The number of benzene rings is 1. The van der Waals surface area contributed by atoms with Gasteiger partial charge in [0.25, 0.3) is 0 Å². The van der Waals surface area contributed by atoms with Gasteiger partial charge in [-0.3, -0.25) is 0 Å². The van der Waals surface area contributed by atoms with Crippen LogP contribution in [-0.4, -0.2) is 0 Å². The molecule has 80 valence electrons. The lowest BCUT2D eigenvalue weighted by molar-refractivity contribution is 0.621. The molecule has 0 spiro atoms. The summed E-state index contributed by atoms with van der Waals surface area (Å²) in [5.74, 6) is 0.232. The van der Waals surface area contributed by atoms with Crippen molar-refractivity contribution in [2.45, 2.75) is 34.1 Å². The maximum Gasteiger partial charge on any atom is 0.141 e. The molecule has 0 heterocycles. The summed E-state index contributed by atoms with van der Waals surface area (Å²) < 4.78 is 12.7. The summed E-state index contributed by atoms with van der Waals surface area (Å²) in [4.78, 5) is 0. The van der Waals surface area contributed by atoms with E-state index in [0.717, 1.165) is 12.0 Å². The van der Waals surface area contributed by atoms with Crippen LogP contribution in [0.4, 0.5) is 4.39 Å². The van der Waals surface area contributed by atoms with Gasteiger partial charge in [-0.15, -0.1) is 0 Å². The Balaban J connectivity index is 0.000000791. The molecular weight excluding hydrogens is 199 g/mol. The summed E-state index contributed by atoms with van der Waals surface area (Å²) in [6, 6.07) is 4.89. The maximum absolute atomic E-state index is 12.7. The third kappa shape index (κ3) is 4.61. The third-order valence-electron chi connectivity index (χ3n) is 1.63. The van der Waals surface area contributed by atoms with Gasteiger partial charge in [0.05, 0.1) is 5.02 Å². The average molecular weight is 217 g/mol. The first kappa shape index (κ1) is 13.4. The minimum Gasteiger partial charge on any atom is -0.205 e. The highest BCUT2D eigenvalue weighted by atomic mass is 35.5. The summed E-state index contributed by atoms with van der Waals surface area (Å²) >= 11 is 5.62. The van der Waals surface area contributed by atoms with Gasteiger partial charge in [-0.25, -0.2) is 4.39 Å². The molecular formula is C12H18ClF. The minimum absolute atomic E-state index is 0.216. The van der Waals surface area contributed by atoms with Crippen molar-refractivity contribution in [3.8, 4) is 0 Å². The quantitative estimate of drug-likeness (QED) is 0.672. The molecule has 0 saturated carbocycles. The second-order valence-electron chi connectivity index (χ2n) is 3.35. The van der Waals surface area contributed by atoms with Crippen molar-refractivity contribution >= 4 is 11.6 Å². The van der Waals surface area contributed by atoms with Gasteiger partial charge in [-0.1, -0.05) is 45.4 Å². The summed E-state index contributed by atoms with van der Waals surface area (Å²) in [5.41, 5.74) is 1.09. The van der Waals surface area contributed by atoms with Crippen LogP contribution in [0.2, 0.25) is 5.02 Å². The zero-order valence-corrected chi connectivity index (χ0v) is 10.0. The highest BCUT2D eigenvalue weighted by molar-refractivity contribution is 6.30. The van der Waals surface area contributed by atoms with Gasteiger partial charge in [0.1, 0.15) is 5.82 Å². The number of halogens is 2. The van der Waals surface area contributed by atoms with Gasteiger partial charge in [0.2, 0.25) is 0 Å². The molecule has 0 aliphatic carbocycles. The molecule has 0 atom stereocenters. The highest BCUT2D eigenvalue weighted by Gasteiger charge is 2.02. The Bertz CT molecular complexity index is 269. The molecule has 0 saturated heterocycles. The van der Waals surface area contributed by atoms with Crippen molar-refractivity contribution in [3.05, 3.63) is 34.6 Å². The van der Waals surface area contributed by atoms with E-state index in [1.54, 1.807) is 12.1 Å². The molecule has 1 rings (SSSR count). The number of hydrogen-bond donors (Lipinski definition) is 0. The zero-order chi connectivity index (χ0) is 11.1. The van der Waals surface area contributed by atoms with Crippen LogP contribution in [0, 0.1) is 11.7 Å². The van der Waals surface area contributed by atoms with Gasteiger partial charge < -0.3 is 0 Å². The van der Waals surface area contributed by atoms with Crippen LogP contribution in [-0.2, 0) is 6.42 Å². The molecule has 1 aromatic rings. The molecule has 0 unspecified atom stereocenters. The predicted molar refractivity (Wildman–Crippen MR) is 61.3 cm³/mol. The molecule has 0 amide bonds. The topological polar surface area (TPSA) is 0 Å². The van der Waals surface area contributed by atoms with Crippen LogP contribution >= 0.6 is 11.6 Å². The molecule has 0 fully saturated rings. The van der Waals surface area contributed by atoms with E-state index in [1.807, 2.05) is 13.8 Å². The molecule has 0 N–H and O–H groups in total. The van der Waals surface area contributed by atoms with Crippen LogP contribution in [0.15, 0.2) is 18.2 Å². The second kappa shape index (κ2) is 6.83. The summed E-state index contributed by atoms with van der Waals surface area (Å²) in [7, 11) is 0. The Morgan fingerprint density at radius 1 is 1.29 bits per heavy atom. The number of hydrogen-bond acceptors (Lipinski definition) is 0. The first-order chi connectivity index (χ1) is 6.59. The van der Waals surface area contributed by atoms with Crippen LogP contribution in [0.5, 0.6) is 0 Å². The normalized spacial score (nSPS) is 9.64. The molecule has 2 heteroatoms. The van der Waals surface area contributed by atoms with E-state index in [2.05, 4.69) is 13.8 Å². The van der Waals surface area contributed by atoms with E-state index in [-0.39, 0.29) is 10.8 Å². The monoisotopic (exact) mass is 216 g/mol. The van der Waals surface area contributed by atoms with Gasteiger partial charge in [0.15, 0.2) is 0 Å². The van der Waals surface area contributed by atoms with Crippen molar-refractivity contribution in [2.24, 2.45) is 5.92 Å². The third-order valence-corrected chi connectivity index (χ3v) is 1.92. The van der Waals surface area contributed by atoms with Gasteiger partial charge in [0, 0.05) is 0 Å². The van der Waals surface area contributed by atoms with E-state index in [0.29, 0.717) is 5.92 Å². The number of rotatable bonds is 2. The molecule has 0 radical (unpaired) electrons. The average Bonchev–Trinajstić information content (AvgIpc) is 2.14. The largest absolute Gasteiger partial charge is 0.205 e. The fourth-order valence-electron chi connectivity index (χ4n) is 1.14. The lowest BCUT2D eigenvalue weighted by atomic mass is 10.0. The molecule has 1 aromatic carbocycles. The van der Waals surface area contributed by atoms with Gasteiger partial charge >= 0.3 is 0 Å². The van der Waals surface area contributed by atoms with Gasteiger partial charge in [-0.05, 0) is 30.0 Å². The SMILES string of the molecule is CC.CC(C)Cc1ccc(F)c(Cl)c1. The Kier molecular flexibility index (Phi) is 6.56. The lowest BCUT2D eigenvalue weighted by Crippen LogP contribution is -1.94. The fourth-order valence-corrected chi connectivity index (χ4v) is 1.34. The Morgan fingerprint density at radius 2 is 1.86 bits per heavy atom. The summed E-state index contributed by atoms with van der Waals surface area (Å²) in [5, 5.41) is 0.216. The van der Waals surface area contributed by atoms with Crippen LogP contribution in [0.3, 0.4) is 0 Å². The minimum atomic E-state index is -0.343. The van der Waals surface area contributed by atoms with Crippen LogP contribution < -0.4 is 0 Å². The van der Waals surface area contributed by atoms with E-state index in [4.69, 9.17) is 11.6 Å². The predicted octanol–water partition coefficient (Wildman–Crippen LogP) is 4.70. The smallest absolute Gasteiger partial charge is 0.141 e. The van der Waals surface area contributed by atoms with Crippen molar-refractivity contribution in [3.63, 3.8) is 0 Å². The van der Waals surface area contributed by atoms with Gasteiger partial charge in [-0.2, -0.15) is 0 Å². The standard InChI is InChI=1S/C10H12ClF.C2H6/c1-7(2)5-8-3-4-10(12)9(11)6-8;1-2/h3-4,6-7H,5H2,1-2H3;1-2H3. The van der Waals surface area contributed by atoms with E-state index >= 15 is 0 Å². The first-order valence-corrected chi connectivity index (χ1v) is 5.41. The molecule has 0 aliphatic rings. The van der Waals surface area contributed by atoms with Crippen molar-refractivity contribution in [2.75, 3.05) is 0 Å². The maximum atomic E-state index is 12.7. The Labute approximate surface area is 91.1 Å². The molecule has 0 bridgehead atoms. The van der Waals surface area contributed by atoms with E-state index < -0.39 is 0 Å². The van der Waals surface area contributed by atoms with Crippen molar-refractivity contribution in [1.29, 1.82) is 0 Å². The Hall–Kier alpha value is -0.560. The van der Waals surface area contributed by atoms with Crippen LogP contribution in [0.1, 0.15) is 33.3 Å². The van der Waals surface area contributed by atoms with Crippen molar-refractivity contribution < 1.29 is 4.39 Å². The molecule has 0 aromatic heterocycles. The van der Waals surface area contributed by atoms with E-state index in [1.165, 1.54) is 6.07 Å². The Morgan fingerprint density at radius 3 is 2.29 bits per heavy atom. The summed E-state index contributed by atoms with van der Waals surface area (Å²) in [6.07, 6.45) is 0.944. The molecule has 0 nitrogen and oxygen atoms in total. The zero-order valence-electron chi connectivity index (χ0n) is 9.27. The highest BCUT2D eigenvalue weighted by Crippen LogP contribution is 2.17. The summed E-state index contributed by atoms with van der Waals surface area (Å²) in [6.45, 7) is 8.24. The lowest BCUT2D eigenvalue weighted by Gasteiger charge is -2.04. The fraction of sp³-hybridized carbons (Fsp3) is 0.500. The molecule has 14 heavy (non-hydrogen) atoms. The van der Waals surface area contributed by atoms with E-state index in [9.17, 15) is 4.39 Å². The second-order valence-corrected chi connectivity index (χ2v) is 3.75. The molecule has 0 aliphatic heterocycles. The van der Waals surface area contributed by atoms with Crippen LogP contribution in [0.25, 0.3) is 0 Å². The van der Waals surface area contributed by atoms with Crippen molar-refractivity contribution in [1.82, 2.24) is 0 Å². The first-order valence-electron chi connectivity index (χ1n) is 5.03.